The number of carbonyl (C=O) groups is 1. The first-order valence-electron chi connectivity index (χ1n) is 6.50. The zero-order valence-corrected chi connectivity index (χ0v) is 11.8. The average molecular weight is 277 g/mol. The average Bonchev–Trinajstić information content (AvgIpc) is 2.41. The Morgan fingerprint density at radius 1 is 1.42 bits per heavy atom. The molecule has 0 saturated heterocycles. The van der Waals surface area contributed by atoms with Crippen molar-refractivity contribution in [2.24, 2.45) is 0 Å². The van der Waals surface area contributed by atoms with E-state index in [-0.39, 0.29) is 0 Å². The molecule has 0 unspecified atom stereocenters. The number of benzene rings is 1. The van der Waals surface area contributed by atoms with Crippen LogP contribution in [0.3, 0.4) is 0 Å². The van der Waals surface area contributed by atoms with Crippen LogP contribution in [-0.2, 0) is 11.3 Å². The van der Waals surface area contributed by atoms with E-state index in [1.54, 1.807) is 12.1 Å². The van der Waals surface area contributed by atoms with Crippen molar-refractivity contribution < 1.29 is 4.79 Å². The molecule has 0 atom stereocenters. The second-order valence-corrected chi connectivity index (χ2v) is 5.51. The summed E-state index contributed by atoms with van der Waals surface area (Å²) in [4.78, 5) is 13.5. The van der Waals surface area contributed by atoms with Crippen LogP contribution < -0.4 is 0 Å². The Balaban J connectivity index is 2.01. The molecule has 3 nitrogen and oxygen atoms in total. The van der Waals surface area contributed by atoms with Gasteiger partial charge in [-0.1, -0.05) is 17.7 Å². The first kappa shape index (κ1) is 14.0. The largest absolute Gasteiger partial charge is 0.300 e. The molecule has 0 heterocycles. The normalized spacial score (nSPS) is 16.6. The van der Waals surface area contributed by atoms with Crippen molar-refractivity contribution in [3.05, 3.63) is 34.3 Å². The minimum absolute atomic E-state index is 0.376. The SMILES string of the molecule is CN(Cc1ccc(C#N)cc1Cl)C1CCC(=O)CC1. The molecule has 0 bridgehead atoms. The molecule has 0 aliphatic heterocycles. The summed E-state index contributed by atoms with van der Waals surface area (Å²) in [5.41, 5.74) is 1.61. The van der Waals surface area contributed by atoms with Gasteiger partial charge in [0.05, 0.1) is 11.6 Å². The fourth-order valence-corrected chi connectivity index (χ4v) is 2.75. The molecular weight excluding hydrogens is 260 g/mol. The summed E-state index contributed by atoms with van der Waals surface area (Å²) in [6.45, 7) is 0.753. The van der Waals surface area contributed by atoms with E-state index in [1.165, 1.54) is 0 Å². The molecule has 0 spiro atoms. The van der Waals surface area contributed by atoms with E-state index < -0.39 is 0 Å². The first-order valence-corrected chi connectivity index (χ1v) is 6.88. The van der Waals surface area contributed by atoms with Crippen LogP contribution in [0.2, 0.25) is 5.02 Å². The predicted octanol–water partition coefficient (Wildman–Crippen LogP) is 3.16. The van der Waals surface area contributed by atoms with E-state index >= 15 is 0 Å². The highest BCUT2D eigenvalue weighted by atomic mass is 35.5. The lowest BCUT2D eigenvalue weighted by molar-refractivity contribution is -0.121. The van der Waals surface area contributed by atoms with Crippen molar-refractivity contribution in [1.29, 1.82) is 5.26 Å². The van der Waals surface area contributed by atoms with Gasteiger partial charge in [-0.05, 0) is 37.6 Å². The Labute approximate surface area is 118 Å². The highest BCUT2D eigenvalue weighted by molar-refractivity contribution is 6.31. The molecule has 4 heteroatoms. The van der Waals surface area contributed by atoms with Gasteiger partial charge >= 0.3 is 0 Å². The number of ketones is 1. The van der Waals surface area contributed by atoms with Gasteiger partial charge in [0.2, 0.25) is 0 Å². The Bertz CT molecular complexity index is 511. The van der Waals surface area contributed by atoms with Gasteiger partial charge in [0, 0.05) is 30.5 Å². The molecule has 1 saturated carbocycles. The van der Waals surface area contributed by atoms with Gasteiger partial charge in [-0.15, -0.1) is 0 Å². The Morgan fingerprint density at radius 2 is 2.11 bits per heavy atom. The van der Waals surface area contributed by atoms with E-state index in [9.17, 15) is 4.79 Å². The van der Waals surface area contributed by atoms with Gasteiger partial charge in [0.25, 0.3) is 0 Å². The van der Waals surface area contributed by atoms with Gasteiger partial charge in [0.1, 0.15) is 5.78 Å². The standard InChI is InChI=1S/C15H17ClN2O/c1-18(13-4-6-14(19)7-5-13)10-12-3-2-11(9-17)8-15(12)16/h2-3,8,13H,4-7,10H2,1H3. The summed E-state index contributed by atoms with van der Waals surface area (Å²) in [7, 11) is 2.06. The summed E-state index contributed by atoms with van der Waals surface area (Å²) in [5, 5.41) is 9.45. The fraction of sp³-hybridized carbons (Fsp3) is 0.467. The summed E-state index contributed by atoms with van der Waals surface area (Å²) in [5.74, 6) is 0.376. The zero-order valence-electron chi connectivity index (χ0n) is 11.0. The molecular formula is C15H17ClN2O. The Morgan fingerprint density at radius 3 is 2.68 bits per heavy atom. The summed E-state index contributed by atoms with van der Waals surface area (Å²) < 4.78 is 0. The second kappa shape index (κ2) is 6.18. The van der Waals surface area contributed by atoms with Crippen LogP contribution in [0.15, 0.2) is 18.2 Å². The minimum Gasteiger partial charge on any atom is -0.300 e. The number of hydrogen-bond donors (Lipinski definition) is 0. The molecule has 1 aromatic rings. The number of Topliss-reactive ketones (excluding diaryl/α,β-unsaturated/α-hetero) is 1. The van der Waals surface area contributed by atoms with E-state index in [4.69, 9.17) is 16.9 Å². The molecule has 1 fully saturated rings. The molecule has 1 aliphatic carbocycles. The highest BCUT2D eigenvalue weighted by Crippen LogP contribution is 2.24. The predicted molar refractivity (Wildman–Crippen MR) is 74.9 cm³/mol. The van der Waals surface area contributed by atoms with Crippen molar-refractivity contribution in [1.82, 2.24) is 4.90 Å². The van der Waals surface area contributed by atoms with Gasteiger partial charge in [-0.3, -0.25) is 9.69 Å². The van der Waals surface area contributed by atoms with Gasteiger partial charge in [-0.25, -0.2) is 0 Å². The molecule has 0 aromatic heterocycles. The van der Waals surface area contributed by atoms with E-state index in [0.29, 0.717) is 35.3 Å². The molecule has 0 radical (unpaired) electrons. The number of rotatable bonds is 3. The monoisotopic (exact) mass is 276 g/mol. The van der Waals surface area contributed by atoms with Crippen molar-refractivity contribution in [2.75, 3.05) is 7.05 Å². The van der Waals surface area contributed by atoms with E-state index in [2.05, 4.69) is 18.0 Å². The molecule has 1 aliphatic rings. The maximum Gasteiger partial charge on any atom is 0.133 e. The Hall–Kier alpha value is -1.37. The van der Waals surface area contributed by atoms with Gasteiger partial charge in [0.15, 0.2) is 0 Å². The van der Waals surface area contributed by atoms with Gasteiger partial charge in [-0.2, -0.15) is 5.26 Å². The lowest BCUT2D eigenvalue weighted by atomic mass is 9.93. The van der Waals surface area contributed by atoms with Crippen LogP contribution in [-0.4, -0.2) is 23.8 Å². The maximum absolute atomic E-state index is 11.2. The van der Waals surface area contributed by atoms with E-state index in [0.717, 1.165) is 24.9 Å². The summed E-state index contributed by atoms with van der Waals surface area (Å²) in [6, 6.07) is 7.93. The van der Waals surface area contributed by atoms with Crippen LogP contribution in [0.25, 0.3) is 0 Å². The smallest absolute Gasteiger partial charge is 0.133 e. The summed E-state index contributed by atoms with van der Waals surface area (Å²) in [6.07, 6.45) is 3.25. The third-order valence-corrected chi connectivity index (χ3v) is 4.09. The third kappa shape index (κ3) is 3.56. The molecule has 0 N–H and O–H groups in total. The second-order valence-electron chi connectivity index (χ2n) is 5.10. The minimum atomic E-state index is 0.376. The van der Waals surface area contributed by atoms with Crippen LogP contribution in [0.1, 0.15) is 36.8 Å². The lowest BCUT2D eigenvalue weighted by Gasteiger charge is -2.30. The van der Waals surface area contributed by atoms with Crippen molar-refractivity contribution in [3.8, 4) is 6.07 Å². The maximum atomic E-state index is 11.2. The first-order chi connectivity index (χ1) is 9.10. The lowest BCUT2D eigenvalue weighted by Crippen LogP contribution is -2.34. The molecule has 19 heavy (non-hydrogen) atoms. The number of carbonyl (C=O) groups excluding carboxylic acids is 1. The molecule has 2 rings (SSSR count). The number of nitriles is 1. The summed E-state index contributed by atoms with van der Waals surface area (Å²) >= 11 is 6.18. The number of nitrogens with zero attached hydrogens (tertiary/aromatic N) is 2. The number of hydrogen-bond acceptors (Lipinski definition) is 3. The quantitative estimate of drug-likeness (QED) is 0.852. The van der Waals surface area contributed by atoms with Crippen LogP contribution in [0, 0.1) is 11.3 Å². The van der Waals surface area contributed by atoms with Gasteiger partial charge < -0.3 is 0 Å². The van der Waals surface area contributed by atoms with Crippen LogP contribution >= 0.6 is 11.6 Å². The Kier molecular flexibility index (Phi) is 4.57. The molecule has 100 valence electrons. The van der Waals surface area contributed by atoms with Crippen molar-refractivity contribution in [2.45, 2.75) is 38.3 Å². The van der Waals surface area contributed by atoms with Crippen molar-refractivity contribution >= 4 is 17.4 Å². The molecule has 1 aromatic carbocycles. The third-order valence-electron chi connectivity index (χ3n) is 3.74. The topological polar surface area (TPSA) is 44.1 Å². The number of halogens is 1. The fourth-order valence-electron chi connectivity index (χ4n) is 2.51. The van der Waals surface area contributed by atoms with Crippen molar-refractivity contribution in [3.63, 3.8) is 0 Å². The van der Waals surface area contributed by atoms with Crippen LogP contribution in [0.5, 0.6) is 0 Å². The highest BCUT2D eigenvalue weighted by Gasteiger charge is 2.22. The van der Waals surface area contributed by atoms with E-state index in [1.807, 2.05) is 6.07 Å². The van der Waals surface area contributed by atoms with Crippen LogP contribution in [0.4, 0.5) is 0 Å². The zero-order chi connectivity index (χ0) is 13.8. The molecule has 0 amide bonds.